The second-order valence-electron chi connectivity index (χ2n) is 6.42. The standard InChI is InChI=1S/C18H26O2/c1-13(2)14-8-10-16(11-9-14)17(12-18(19)20)15-6-4-3-5-7-15/h8-11,13,15,17H,3-7,12H2,1-2H3,(H,19,20). The van der Waals surface area contributed by atoms with Gasteiger partial charge in [0.15, 0.2) is 0 Å². The van der Waals surface area contributed by atoms with Crippen LogP contribution in [0.2, 0.25) is 0 Å². The Kier molecular flexibility index (Phi) is 5.22. The monoisotopic (exact) mass is 274 g/mol. The number of hydrogen-bond donors (Lipinski definition) is 1. The average molecular weight is 274 g/mol. The van der Waals surface area contributed by atoms with Gasteiger partial charge in [-0.05, 0) is 41.7 Å². The van der Waals surface area contributed by atoms with Gasteiger partial charge in [0.1, 0.15) is 0 Å². The Labute approximate surface area is 122 Å². The molecule has 0 amide bonds. The van der Waals surface area contributed by atoms with Crippen molar-refractivity contribution in [2.24, 2.45) is 5.92 Å². The first-order chi connectivity index (χ1) is 9.58. The second-order valence-corrected chi connectivity index (χ2v) is 6.42. The van der Waals surface area contributed by atoms with Gasteiger partial charge in [-0.2, -0.15) is 0 Å². The molecular weight excluding hydrogens is 248 g/mol. The molecule has 1 N–H and O–H groups in total. The number of carboxylic acid groups (broad SMARTS) is 1. The van der Waals surface area contributed by atoms with Gasteiger partial charge in [0.2, 0.25) is 0 Å². The molecule has 1 aliphatic carbocycles. The van der Waals surface area contributed by atoms with Crippen LogP contribution in [0.3, 0.4) is 0 Å². The summed E-state index contributed by atoms with van der Waals surface area (Å²) in [6.07, 6.45) is 6.46. The molecule has 1 aliphatic rings. The summed E-state index contributed by atoms with van der Waals surface area (Å²) in [6.45, 7) is 4.37. The molecule has 0 heterocycles. The maximum atomic E-state index is 11.2. The third-order valence-electron chi connectivity index (χ3n) is 4.64. The third kappa shape index (κ3) is 3.84. The van der Waals surface area contributed by atoms with Crippen LogP contribution in [-0.4, -0.2) is 11.1 Å². The van der Waals surface area contributed by atoms with E-state index in [1.165, 1.54) is 43.2 Å². The maximum absolute atomic E-state index is 11.2. The SMILES string of the molecule is CC(C)c1ccc(C(CC(=O)O)C2CCCCC2)cc1. The summed E-state index contributed by atoms with van der Waals surface area (Å²) in [7, 11) is 0. The Morgan fingerprint density at radius 2 is 1.65 bits per heavy atom. The van der Waals surface area contributed by atoms with Crippen molar-refractivity contribution in [1.82, 2.24) is 0 Å². The van der Waals surface area contributed by atoms with Crippen LogP contribution in [0.5, 0.6) is 0 Å². The molecule has 1 aromatic rings. The molecule has 1 atom stereocenters. The van der Waals surface area contributed by atoms with E-state index >= 15 is 0 Å². The normalized spacial score (nSPS) is 18.1. The molecule has 0 radical (unpaired) electrons. The van der Waals surface area contributed by atoms with Crippen molar-refractivity contribution in [2.45, 2.75) is 64.2 Å². The van der Waals surface area contributed by atoms with Crippen molar-refractivity contribution in [3.05, 3.63) is 35.4 Å². The molecule has 2 nitrogen and oxygen atoms in total. The predicted molar refractivity (Wildman–Crippen MR) is 82.1 cm³/mol. The first-order valence-corrected chi connectivity index (χ1v) is 7.89. The lowest BCUT2D eigenvalue weighted by Crippen LogP contribution is -2.19. The van der Waals surface area contributed by atoms with Crippen molar-refractivity contribution in [3.63, 3.8) is 0 Å². The fraction of sp³-hybridized carbons (Fsp3) is 0.611. The van der Waals surface area contributed by atoms with Gasteiger partial charge in [0.25, 0.3) is 0 Å². The first kappa shape index (κ1) is 15.1. The van der Waals surface area contributed by atoms with Crippen LogP contribution in [0.25, 0.3) is 0 Å². The first-order valence-electron chi connectivity index (χ1n) is 7.89. The van der Waals surface area contributed by atoms with E-state index in [4.69, 9.17) is 0 Å². The maximum Gasteiger partial charge on any atom is 0.303 e. The quantitative estimate of drug-likeness (QED) is 0.825. The Bertz CT molecular complexity index is 427. The highest BCUT2D eigenvalue weighted by Crippen LogP contribution is 2.38. The summed E-state index contributed by atoms with van der Waals surface area (Å²) in [5, 5.41) is 9.22. The number of carboxylic acids is 1. The van der Waals surface area contributed by atoms with E-state index in [2.05, 4.69) is 38.1 Å². The fourth-order valence-corrected chi connectivity index (χ4v) is 3.41. The van der Waals surface area contributed by atoms with E-state index in [9.17, 15) is 9.90 Å². The van der Waals surface area contributed by atoms with Crippen LogP contribution >= 0.6 is 0 Å². The van der Waals surface area contributed by atoms with Gasteiger partial charge in [0.05, 0.1) is 6.42 Å². The molecule has 1 fully saturated rings. The van der Waals surface area contributed by atoms with Gasteiger partial charge in [-0.1, -0.05) is 57.4 Å². The van der Waals surface area contributed by atoms with Gasteiger partial charge in [-0.15, -0.1) is 0 Å². The van der Waals surface area contributed by atoms with Gasteiger partial charge in [-0.3, -0.25) is 4.79 Å². The summed E-state index contributed by atoms with van der Waals surface area (Å²) in [6, 6.07) is 8.63. The highest BCUT2D eigenvalue weighted by Gasteiger charge is 2.27. The molecule has 2 rings (SSSR count). The lowest BCUT2D eigenvalue weighted by molar-refractivity contribution is -0.137. The topological polar surface area (TPSA) is 37.3 Å². The predicted octanol–water partition coefficient (Wildman–Crippen LogP) is 4.95. The number of hydrogen-bond acceptors (Lipinski definition) is 1. The van der Waals surface area contributed by atoms with Gasteiger partial charge in [0, 0.05) is 0 Å². The van der Waals surface area contributed by atoms with E-state index in [1.807, 2.05) is 0 Å². The summed E-state index contributed by atoms with van der Waals surface area (Å²) in [5.41, 5.74) is 2.54. The molecule has 1 saturated carbocycles. The molecule has 2 heteroatoms. The van der Waals surface area contributed by atoms with Crippen LogP contribution in [0, 0.1) is 5.92 Å². The van der Waals surface area contributed by atoms with Crippen LogP contribution < -0.4 is 0 Å². The van der Waals surface area contributed by atoms with Crippen LogP contribution in [-0.2, 0) is 4.79 Å². The minimum atomic E-state index is -0.673. The van der Waals surface area contributed by atoms with E-state index in [0.29, 0.717) is 11.8 Å². The minimum Gasteiger partial charge on any atom is -0.481 e. The largest absolute Gasteiger partial charge is 0.481 e. The van der Waals surface area contributed by atoms with Crippen LogP contribution in [0.15, 0.2) is 24.3 Å². The van der Waals surface area contributed by atoms with Crippen molar-refractivity contribution in [1.29, 1.82) is 0 Å². The molecule has 0 bridgehead atoms. The van der Waals surface area contributed by atoms with E-state index < -0.39 is 5.97 Å². The summed E-state index contributed by atoms with van der Waals surface area (Å²) in [5.74, 6) is 0.587. The lowest BCUT2D eigenvalue weighted by Gasteiger charge is -2.30. The Balaban J connectivity index is 2.18. The molecule has 20 heavy (non-hydrogen) atoms. The number of rotatable bonds is 5. The lowest BCUT2D eigenvalue weighted by atomic mass is 9.75. The highest BCUT2D eigenvalue weighted by molar-refractivity contribution is 5.68. The van der Waals surface area contributed by atoms with E-state index in [0.717, 1.165) is 0 Å². The average Bonchev–Trinajstić information content (AvgIpc) is 2.45. The zero-order valence-corrected chi connectivity index (χ0v) is 12.6. The van der Waals surface area contributed by atoms with E-state index in [1.54, 1.807) is 0 Å². The third-order valence-corrected chi connectivity index (χ3v) is 4.64. The summed E-state index contributed by atoms with van der Waals surface area (Å²) >= 11 is 0. The van der Waals surface area contributed by atoms with Crippen molar-refractivity contribution in [2.75, 3.05) is 0 Å². The van der Waals surface area contributed by atoms with Crippen molar-refractivity contribution >= 4 is 5.97 Å². The Hall–Kier alpha value is -1.31. The number of benzene rings is 1. The zero-order chi connectivity index (χ0) is 14.5. The van der Waals surface area contributed by atoms with E-state index in [-0.39, 0.29) is 12.3 Å². The molecule has 110 valence electrons. The van der Waals surface area contributed by atoms with Gasteiger partial charge < -0.3 is 5.11 Å². The van der Waals surface area contributed by atoms with Crippen molar-refractivity contribution in [3.8, 4) is 0 Å². The highest BCUT2D eigenvalue weighted by atomic mass is 16.4. The summed E-state index contributed by atoms with van der Waals surface area (Å²) < 4.78 is 0. The molecule has 0 spiro atoms. The Morgan fingerprint density at radius 1 is 1.10 bits per heavy atom. The minimum absolute atomic E-state index is 0.189. The second kappa shape index (κ2) is 6.92. The zero-order valence-electron chi connectivity index (χ0n) is 12.6. The molecule has 0 aliphatic heterocycles. The molecule has 0 aromatic heterocycles. The molecule has 1 unspecified atom stereocenters. The van der Waals surface area contributed by atoms with Crippen molar-refractivity contribution < 1.29 is 9.90 Å². The summed E-state index contributed by atoms with van der Waals surface area (Å²) in [4.78, 5) is 11.2. The fourth-order valence-electron chi connectivity index (χ4n) is 3.41. The van der Waals surface area contributed by atoms with Gasteiger partial charge in [-0.25, -0.2) is 0 Å². The van der Waals surface area contributed by atoms with Gasteiger partial charge >= 0.3 is 5.97 Å². The van der Waals surface area contributed by atoms with Crippen LogP contribution in [0.4, 0.5) is 0 Å². The number of carbonyl (C=O) groups is 1. The smallest absolute Gasteiger partial charge is 0.303 e. The Morgan fingerprint density at radius 3 is 2.15 bits per heavy atom. The van der Waals surface area contributed by atoms with Crippen LogP contribution in [0.1, 0.15) is 75.3 Å². The molecule has 1 aromatic carbocycles. The molecule has 0 saturated heterocycles. The number of aliphatic carboxylic acids is 1. The molecular formula is C18H26O2.